The van der Waals surface area contributed by atoms with E-state index in [1.807, 2.05) is 30.3 Å². The number of anilines is 1. The molecule has 0 aliphatic carbocycles. The van der Waals surface area contributed by atoms with Crippen molar-refractivity contribution in [2.24, 2.45) is 0 Å². The molecule has 0 saturated carbocycles. The Kier molecular flexibility index (Phi) is 3.48. The van der Waals surface area contributed by atoms with Gasteiger partial charge >= 0.3 is 0 Å². The Morgan fingerprint density at radius 3 is 2.50 bits per heavy atom. The minimum atomic E-state index is 0. The molecule has 0 aliphatic rings. The Bertz CT molecular complexity index is 385. The Morgan fingerprint density at radius 1 is 1.21 bits per heavy atom. The fourth-order valence-electron chi connectivity index (χ4n) is 1.15. The van der Waals surface area contributed by atoms with Gasteiger partial charge in [0.1, 0.15) is 6.33 Å². The van der Waals surface area contributed by atoms with Crippen LogP contribution in [-0.2, 0) is 6.54 Å². The summed E-state index contributed by atoms with van der Waals surface area (Å²) in [5.41, 5.74) is 6.74. The quantitative estimate of drug-likeness (QED) is 0.814. The maximum atomic E-state index is 5.58. The third kappa shape index (κ3) is 2.23. The molecule has 0 amide bonds. The van der Waals surface area contributed by atoms with Gasteiger partial charge in [0.2, 0.25) is 5.95 Å². The number of rotatable bonds is 2. The first kappa shape index (κ1) is 10.5. The zero-order chi connectivity index (χ0) is 9.10. The molecule has 0 spiro atoms. The number of nitrogen functional groups attached to an aromatic ring is 1. The molecule has 4 nitrogen and oxygen atoms in total. The van der Waals surface area contributed by atoms with E-state index in [1.165, 1.54) is 11.9 Å². The van der Waals surface area contributed by atoms with Gasteiger partial charge in [-0.1, -0.05) is 30.3 Å². The van der Waals surface area contributed by atoms with Crippen LogP contribution in [0.2, 0.25) is 0 Å². The Morgan fingerprint density at radius 2 is 1.93 bits per heavy atom. The fraction of sp³-hybridized carbons (Fsp3) is 0.111. The van der Waals surface area contributed by atoms with Gasteiger partial charge in [-0.25, -0.2) is 9.67 Å². The molecule has 1 heterocycles. The molecule has 2 aromatic rings. The van der Waals surface area contributed by atoms with Crippen molar-refractivity contribution in [1.29, 1.82) is 0 Å². The zero-order valence-corrected chi connectivity index (χ0v) is 8.31. The largest absolute Gasteiger partial charge is 0.368 e. The third-order valence-electron chi connectivity index (χ3n) is 1.82. The van der Waals surface area contributed by atoms with Gasteiger partial charge in [-0.05, 0) is 5.56 Å². The zero-order valence-electron chi connectivity index (χ0n) is 7.50. The SMILES string of the molecule is Cl.Nc1ncnn1Cc1ccccc1. The van der Waals surface area contributed by atoms with Crippen LogP contribution in [-0.4, -0.2) is 14.8 Å². The summed E-state index contributed by atoms with van der Waals surface area (Å²) >= 11 is 0. The summed E-state index contributed by atoms with van der Waals surface area (Å²) in [6.45, 7) is 0.673. The molecule has 74 valence electrons. The smallest absolute Gasteiger partial charge is 0.218 e. The maximum Gasteiger partial charge on any atom is 0.218 e. The highest BCUT2D eigenvalue weighted by Crippen LogP contribution is 2.03. The lowest BCUT2D eigenvalue weighted by atomic mass is 10.2. The van der Waals surface area contributed by atoms with Crippen LogP contribution in [0.15, 0.2) is 36.7 Å². The summed E-state index contributed by atoms with van der Waals surface area (Å²) in [6, 6.07) is 10.0. The van der Waals surface area contributed by atoms with Crippen molar-refractivity contribution < 1.29 is 0 Å². The Labute approximate surface area is 88.2 Å². The fourth-order valence-corrected chi connectivity index (χ4v) is 1.15. The second kappa shape index (κ2) is 4.62. The number of halogens is 1. The lowest BCUT2D eigenvalue weighted by Gasteiger charge is -2.01. The molecular weight excluding hydrogens is 200 g/mol. The van der Waals surface area contributed by atoms with E-state index in [2.05, 4.69) is 10.1 Å². The summed E-state index contributed by atoms with van der Waals surface area (Å²) in [5.74, 6) is 0.448. The van der Waals surface area contributed by atoms with Crippen molar-refractivity contribution in [2.75, 3.05) is 5.73 Å². The normalized spacial score (nSPS) is 9.43. The van der Waals surface area contributed by atoms with Crippen molar-refractivity contribution in [2.45, 2.75) is 6.54 Å². The molecule has 0 fully saturated rings. The molecule has 0 unspecified atom stereocenters. The highest BCUT2D eigenvalue weighted by molar-refractivity contribution is 5.85. The van der Waals surface area contributed by atoms with Gasteiger partial charge in [0.15, 0.2) is 0 Å². The van der Waals surface area contributed by atoms with Gasteiger partial charge < -0.3 is 5.73 Å². The molecule has 0 bridgehead atoms. The van der Waals surface area contributed by atoms with Gasteiger partial charge in [0, 0.05) is 0 Å². The molecule has 0 atom stereocenters. The van der Waals surface area contributed by atoms with Crippen molar-refractivity contribution in [1.82, 2.24) is 14.8 Å². The van der Waals surface area contributed by atoms with Crippen LogP contribution in [0.5, 0.6) is 0 Å². The van der Waals surface area contributed by atoms with Crippen LogP contribution < -0.4 is 5.73 Å². The van der Waals surface area contributed by atoms with E-state index in [-0.39, 0.29) is 12.4 Å². The molecule has 1 aromatic heterocycles. The van der Waals surface area contributed by atoms with Gasteiger partial charge in [-0.3, -0.25) is 0 Å². The van der Waals surface area contributed by atoms with E-state index >= 15 is 0 Å². The van der Waals surface area contributed by atoms with Gasteiger partial charge in [-0.15, -0.1) is 12.4 Å². The van der Waals surface area contributed by atoms with Crippen LogP contribution in [0.4, 0.5) is 5.95 Å². The van der Waals surface area contributed by atoms with Gasteiger partial charge in [-0.2, -0.15) is 5.10 Å². The summed E-state index contributed by atoms with van der Waals surface area (Å²) in [6.07, 6.45) is 1.46. The van der Waals surface area contributed by atoms with Crippen LogP contribution in [0.1, 0.15) is 5.56 Å². The first-order valence-corrected chi connectivity index (χ1v) is 4.03. The highest BCUT2D eigenvalue weighted by atomic mass is 35.5. The second-order valence-corrected chi connectivity index (χ2v) is 2.76. The van der Waals surface area contributed by atoms with Crippen molar-refractivity contribution in [3.8, 4) is 0 Å². The van der Waals surface area contributed by atoms with Crippen LogP contribution in [0.25, 0.3) is 0 Å². The Hall–Kier alpha value is -1.55. The lowest BCUT2D eigenvalue weighted by Crippen LogP contribution is -2.05. The second-order valence-electron chi connectivity index (χ2n) is 2.76. The van der Waals surface area contributed by atoms with Crippen LogP contribution in [0.3, 0.4) is 0 Å². The number of nitrogens with zero attached hydrogens (tertiary/aromatic N) is 3. The monoisotopic (exact) mass is 210 g/mol. The summed E-state index contributed by atoms with van der Waals surface area (Å²) in [4.78, 5) is 3.84. The minimum absolute atomic E-state index is 0. The lowest BCUT2D eigenvalue weighted by molar-refractivity contribution is 0.696. The number of aromatic nitrogens is 3. The molecule has 0 aliphatic heterocycles. The average molecular weight is 211 g/mol. The number of hydrogen-bond acceptors (Lipinski definition) is 3. The highest BCUT2D eigenvalue weighted by Gasteiger charge is 1.98. The maximum absolute atomic E-state index is 5.58. The molecule has 0 saturated heterocycles. The van der Waals surface area contributed by atoms with Crippen LogP contribution >= 0.6 is 12.4 Å². The van der Waals surface area contributed by atoms with Gasteiger partial charge in [0.05, 0.1) is 6.54 Å². The molecule has 0 radical (unpaired) electrons. The first-order chi connectivity index (χ1) is 6.36. The van der Waals surface area contributed by atoms with E-state index in [0.717, 1.165) is 0 Å². The average Bonchev–Trinajstić information content (AvgIpc) is 2.54. The number of hydrogen-bond donors (Lipinski definition) is 1. The standard InChI is InChI=1S/C9H10N4.ClH/c10-9-11-7-12-13(9)6-8-4-2-1-3-5-8;/h1-5,7H,6H2,(H2,10,11,12);1H. The Balaban J connectivity index is 0.000000980. The predicted octanol–water partition coefficient (Wildman–Crippen LogP) is 1.33. The molecule has 14 heavy (non-hydrogen) atoms. The van der Waals surface area contributed by atoms with E-state index < -0.39 is 0 Å². The first-order valence-electron chi connectivity index (χ1n) is 4.03. The molecular formula is C9H11ClN4. The van der Waals surface area contributed by atoms with E-state index in [1.54, 1.807) is 4.68 Å². The van der Waals surface area contributed by atoms with E-state index in [9.17, 15) is 0 Å². The summed E-state index contributed by atoms with van der Waals surface area (Å²) in [7, 11) is 0. The molecule has 2 N–H and O–H groups in total. The minimum Gasteiger partial charge on any atom is -0.368 e. The summed E-state index contributed by atoms with van der Waals surface area (Å²) in [5, 5.41) is 3.99. The number of benzene rings is 1. The van der Waals surface area contributed by atoms with Crippen molar-refractivity contribution in [3.63, 3.8) is 0 Å². The van der Waals surface area contributed by atoms with E-state index in [4.69, 9.17) is 5.73 Å². The topological polar surface area (TPSA) is 56.7 Å². The van der Waals surface area contributed by atoms with Gasteiger partial charge in [0.25, 0.3) is 0 Å². The van der Waals surface area contributed by atoms with Crippen molar-refractivity contribution >= 4 is 18.4 Å². The third-order valence-corrected chi connectivity index (χ3v) is 1.82. The van der Waals surface area contributed by atoms with Crippen LogP contribution in [0, 0.1) is 0 Å². The molecule has 2 rings (SSSR count). The van der Waals surface area contributed by atoms with E-state index in [0.29, 0.717) is 12.5 Å². The van der Waals surface area contributed by atoms with Crippen molar-refractivity contribution in [3.05, 3.63) is 42.2 Å². The number of nitrogens with two attached hydrogens (primary N) is 1. The molecule has 5 heteroatoms. The predicted molar refractivity (Wildman–Crippen MR) is 57.2 cm³/mol. The summed E-state index contributed by atoms with van der Waals surface area (Å²) < 4.78 is 1.66. The molecule has 1 aromatic carbocycles.